The molecule has 0 radical (unpaired) electrons. The fraction of sp³-hybridized carbons (Fsp3) is 0.455. The van der Waals surface area contributed by atoms with E-state index in [4.69, 9.17) is 19.9 Å². The Bertz CT molecular complexity index is 1080. The van der Waals surface area contributed by atoms with Gasteiger partial charge in [-0.05, 0) is 12.1 Å². The number of ether oxygens (including phenoxy) is 3. The van der Waals surface area contributed by atoms with Crippen LogP contribution in [0.3, 0.4) is 0 Å². The molecule has 32 heavy (non-hydrogen) atoms. The van der Waals surface area contributed by atoms with E-state index in [1.165, 1.54) is 6.33 Å². The van der Waals surface area contributed by atoms with Gasteiger partial charge in [-0.25, -0.2) is 19.7 Å². The first-order valence-electron chi connectivity index (χ1n) is 10.4. The standard InChI is InChI=1S/C22H27N5O5/c1-22(2,3)19(32-16(29)10-30-13-7-5-4-6-8-13)18-14(28)9-15(31-18)27-12-26-17-20(23)24-11-25-21(17)27/h4-8,11-12,14-15,18-19,28H,9-10H2,1-3H3,(H2,23,24,25)/t14-,15+,18-,19?/m0/s1. The molecule has 0 aliphatic carbocycles. The molecule has 0 saturated carbocycles. The van der Waals surface area contributed by atoms with Crippen LogP contribution in [0.5, 0.6) is 5.75 Å². The average molecular weight is 441 g/mol. The van der Waals surface area contributed by atoms with Crippen molar-refractivity contribution in [2.24, 2.45) is 5.41 Å². The number of aliphatic hydroxyl groups is 1. The highest BCUT2D eigenvalue weighted by Gasteiger charge is 2.46. The normalized spacial score (nSPS) is 22.1. The number of nitrogens with zero attached hydrogens (tertiary/aromatic N) is 4. The van der Waals surface area contributed by atoms with E-state index in [2.05, 4.69) is 15.0 Å². The number of para-hydroxylation sites is 1. The number of esters is 1. The molecule has 170 valence electrons. The predicted octanol–water partition coefficient (Wildman–Crippen LogP) is 2.09. The number of carbonyl (C=O) groups excluding carboxylic acids is 1. The molecule has 2 aromatic heterocycles. The molecule has 0 amide bonds. The topological polar surface area (TPSA) is 135 Å². The second-order valence-electron chi connectivity index (χ2n) is 8.82. The Labute approximate surface area is 185 Å². The minimum atomic E-state index is -0.858. The molecule has 1 aliphatic rings. The number of nitrogen functional groups attached to an aromatic ring is 1. The number of nitrogens with two attached hydrogens (primary N) is 1. The molecule has 1 unspecified atom stereocenters. The van der Waals surface area contributed by atoms with E-state index >= 15 is 0 Å². The summed E-state index contributed by atoms with van der Waals surface area (Å²) in [6.45, 7) is 5.53. The third-order valence-electron chi connectivity index (χ3n) is 5.34. The molecule has 0 bridgehead atoms. The van der Waals surface area contributed by atoms with Crippen molar-refractivity contribution < 1.29 is 24.1 Å². The molecule has 1 saturated heterocycles. The van der Waals surface area contributed by atoms with Crippen molar-refractivity contribution >= 4 is 23.0 Å². The van der Waals surface area contributed by atoms with E-state index in [1.54, 1.807) is 23.0 Å². The summed E-state index contributed by atoms with van der Waals surface area (Å²) in [6, 6.07) is 9.02. The second-order valence-corrected chi connectivity index (χ2v) is 8.82. The summed E-state index contributed by atoms with van der Waals surface area (Å²) in [7, 11) is 0. The lowest BCUT2D eigenvalue weighted by Gasteiger charge is -2.35. The van der Waals surface area contributed by atoms with E-state index in [0.29, 0.717) is 16.9 Å². The zero-order valence-electron chi connectivity index (χ0n) is 18.2. The van der Waals surface area contributed by atoms with Crippen LogP contribution in [-0.2, 0) is 14.3 Å². The van der Waals surface area contributed by atoms with Gasteiger partial charge in [0.2, 0.25) is 0 Å². The van der Waals surface area contributed by atoms with Gasteiger partial charge in [-0.15, -0.1) is 0 Å². The van der Waals surface area contributed by atoms with Crippen molar-refractivity contribution in [1.29, 1.82) is 0 Å². The Morgan fingerprint density at radius 3 is 2.75 bits per heavy atom. The van der Waals surface area contributed by atoms with E-state index in [9.17, 15) is 9.90 Å². The van der Waals surface area contributed by atoms with Gasteiger partial charge in [-0.1, -0.05) is 39.0 Å². The largest absolute Gasteiger partial charge is 0.482 e. The number of anilines is 1. The Morgan fingerprint density at radius 1 is 1.28 bits per heavy atom. The number of fused-ring (bicyclic) bond motifs is 1. The monoisotopic (exact) mass is 441 g/mol. The maximum atomic E-state index is 12.5. The smallest absolute Gasteiger partial charge is 0.344 e. The molecule has 1 aliphatic heterocycles. The molecule has 1 fully saturated rings. The van der Waals surface area contributed by atoms with E-state index < -0.39 is 35.9 Å². The van der Waals surface area contributed by atoms with Gasteiger partial charge < -0.3 is 25.1 Å². The van der Waals surface area contributed by atoms with Crippen molar-refractivity contribution in [1.82, 2.24) is 19.5 Å². The minimum absolute atomic E-state index is 0.245. The highest BCUT2D eigenvalue weighted by molar-refractivity contribution is 5.81. The van der Waals surface area contributed by atoms with E-state index in [-0.39, 0.29) is 18.8 Å². The Hall–Kier alpha value is -3.24. The zero-order chi connectivity index (χ0) is 22.9. The summed E-state index contributed by atoms with van der Waals surface area (Å²) >= 11 is 0. The lowest BCUT2D eigenvalue weighted by molar-refractivity contribution is -0.176. The molecular formula is C22H27N5O5. The SMILES string of the molecule is CC(C)(C)C(OC(=O)COc1ccccc1)[C@H]1O[C@@H](n2cnc3c(N)ncnc32)C[C@@H]1O. The van der Waals surface area contributed by atoms with E-state index in [1.807, 2.05) is 39.0 Å². The molecule has 3 aromatic rings. The van der Waals surface area contributed by atoms with Crippen LogP contribution in [0.15, 0.2) is 43.0 Å². The summed E-state index contributed by atoms with van der Waals surface area (Å²) in [5, 5.41) is 10.8. The molecule has 0 spiro atoms. The Balaban J connectivity index is 1.48. The fourth-order valence-corrected chi connectivity index (χ4v) is 3.77. The zero-order valence-corrected chi connectivity index (χ0v) is 18.2. The van der Waals surface area contributed by atoms with Gasteiger partial charge in [0.25, 0.3) is 0 Å². The van der Waals surface area contributed by atoms with Crippen LogP contribution in [0.25, 0.3) is 11.2 Å². The Morgan fingerprint density at radius 2 is 2.03 bits per heavy atom. The van der Waals surface area contributed by atoms with Gasteiger partial charge in [0.1, 0.15) is 36.0 Å². The number of rotatable bonds is 6. The van der Waals surface area contributed by atoms with Crippen molar-refractivity contribution in [3.8, 4) is 5.75 Å². The molecule has 4 atom stereocenters. The summed E-state index contributed by atoms with van der Waals surface area (Å²) in [5.41, 5.74) is 6.35. The van der Waals surface area contributed by atoms with Crippen LogP contribution in [0.4, 0.5) is 5.82 Å². The number of aromatic nitrogens is 4. The van der Waals surface area contributed by atoms with Gasteiger partial charge >= 0.3 is 5.97 Å². The van der Waals surface area contributed by atoms with Crippen LogP contribution in [0, 0.1) is 5.41 Å². The lowest BCUT2D eigenvalue weighted by Crippen LogP contribution is -2.46. The summed E-state index contributed by atoms with van der Waals surface area (Å²) in [4.78, 5) is 25.0. The Kier molecular flexibility index (Phi) is 5.98. The molecule has 3 heterocycles. The highest BCUT2D eigenvalue weighted by atomic mass is 16.6. The first-order chi connectivity index (χ1) is 15.2. The number of imidazole rings is 1. The second kappa shape index (κ2) is 8.71. The van der Waals surface area contributed by atoms with Crippen molar-refractivity contribution in [2.75, 3.05) is 12.3 Å². The van der Waals surface area contributed by atoms with Gasteiger partial charge in [0, 0.05) is 11.8 Å². The van der Waals surface area contributed by atoms with Gasteiger partial charge in [0.05, 0.1) is 12.4 Å². The van der Waals surface area contributed by atoms with Crippen molar-refractivity contribution in [3.63, 3.8) is 0 Å². The fourth-order valence-electron chi connectivity index (χ4n) is 3.77. The maximum absolute atomic E-state index is 12.5. The lowest BCUT2D eigenvalue weighted by atomic mass is 9.84. The summed E-state index contributed by atoms with van der Waals surface area (Å²) in [6.07, 6.45) is 0.347. The quantitative estimate of drug-likeness (QED) is 0.551. The van der Waals surface area contributed by atoms with Crippen LogP contribution < -0.4 is 10.5 Å². The molecule has 10 heteroatoms. The van der Waals surface area contributed by atoms with Gasteiger partial charge in [0.15, 0.2) is 18.1 Å². The molecular weight excluding hydrogens is 414 g/mol. The first-order valence-corrected chi connectivity index (χ1v) is 10.4. The number of hydrogen-bond donors (Lipinski definition) is 2. The highest BCUT2D eigenvalue weighted by Crippen LogP contribution is 2.38. The molecule has 4 rings (SSSR count). The number of hydrogen-bond acceptors (Lipinski definition) is 9. The first kappa shape index (κ1) is 22.0. The number of carbonyl (C=O) groups is 1. The van der Waals surface area contributed by atoms with Gasteiger partial charge in [-0.2, -0.15) is 0 Å². The van der Waals surface area contributed by atoms with Crippen LogP contribution in [0.1, 0.15) is 33.4 Å². The van der Waals surface area contributed by atoms with Crippen molar-refractivity contribution in [3.05, 3.63) is 43.0 Å². The third-order valence-corrected chi connectivity index (χ3v) is 5.34. The summed E-state index contributed by atoms with van der Waals surface area (Å²) in [5.74, 6) is 0.299. The third kappa shape index (κ3) is 4.51. The maximum Gasteiger partial charge on any atom is 0.344 e. The minimum Gasteiger partial charge on any atom is -0.482 e. The van der Waals surface area contributed by atoms with E-state index in [0.717, 1.165) is 0 Å². The van der Waals surface area contributed by atoms with Crippen LogP contribution in [0.2, 0.25) is 0 Å². The molecule has 1 aromatic carbocycles. The number of benzene rings is 1. The predicted molar refractivity (Wildman–Crippen MR) is 116 cm³/mol. The van der Waals surface area contributed by atoms with Crippen LogP contribution in [-0.4, -0.2) is 55.5 Å². The van der Waals surface area contributed by atoms with Crippen molar-refractivity contribution in [2.45, 2.75) is 51.7 Å². The number of aliphatic hydroxyl groups excluding tert-OH is 1. The van der Waals surface area contributed by atoms with Gasteiger partial charge in [-0.3, -0.25) is 4.57 Å². The molecule has 3 N–H and O–H groups in total. The van der Waals surface area contributed by atoms with Crippen LogP contribution >= 0.6 is 0 Å². The summed E-state index contributed by atoms with van der Waals surface area (Å²) < 4.78 is 19.1. The molecule has 10 nitrogen and oxygen atoms in total. The average Bonchev–Trinajstić information content (AvgIpc) is 3.35.